The van der Waals surface area contributed by atoms with Crippen LogP contribution in [-0.4, -0.2) is 8.07 Å². The molecule has 0 N–H and O–H groups in total. The lowest BCUT2D eigenvalue weighted by Crippen LogP contribution is -2.43. The molecule has 0 aromatic heterocycles. The largest absolute Gasteiger partial charge is 0.146 e. The molecule has 0 heterocycles. The normalized spacial score (nSPS) is 12.2. The summed E-state index contributed by atoms with van der Waals surface area (Å²) in [6.07, 6.45) is 0. The summed E-state index contributed by atoms with van der Waals surface area (Å²) in [5.41, 5.74) is 7.02. The van der Waals surface area contributed by atoms with E-state index in [1.165, 1.54) is 31.6 Å². The summed E-state index contributed by atoms with van der Waals surface area (Å²) in [7, 11) is -1.77. The minimum absolute atomic E-state index is 0.637. The van der Waals surface area contributed by atoms with Gasteiger partial charge in [-0.2, -0.15) is 0 Å². The van der Waals surface area contributed by atoms with E-state index in [-0.39, 0.29) is 0 Å². The highest BCUT2D eigenvalue weighted by Gasteiger charge is 2.41. The highest BCUT2D eigenvalue weighted by molar-refractivity contribution is 9.10. The Morgan fingerprint density at radius 1 is 0.667 bits per heavy atom. The molecule has 140 valence electrons. The van der Waals surface area contributed by atoms with Crippen LogP contribution in [0.3, 0.4) is 0 Å². The zero-order valence-electron chi connectivity index (χ0n) is 17.2. The Kier molecular flexibility index (Phi) is 5.84. The van der Waals surface area contributed by atoms with Gasteiger partial charge in [0, 0.05) is 10.0 Å². The Bertz CT molecular complexity index is 956. The van der Waals surface area contributed by atoms with Crippen LogP contribution >= 0.6 is 15.9 Å². The summed E-state index contributed by atoms with van der Waals surface area (Å²) < 4.78 is 1.17. The molecule has 0 amide bonds. The summed E-state index contributed by atoms with van der Waals surface area (Å²) in [5.74, 6) is 3.73. The standard InChI is InChI=1S/C25H29BrSi/c1-17(2)27(18(3)4,19(5)6)16-15-22-20-11-7-9-13-23(20)25(26)24-14-10-8-12-21(22)24/h7-14,17-19H,1-6H3. The van der Waals surface area contributed by atoms with Crippen molar-refractivity contribution in [2.45, 2.75) is 58.2 Å². The minimum Gasteiger partial charge on any atom is -0.125 e. The summed E-state index contributed by atoms with van der Waals surface area (Å²) in [6.45, 7) is 14.2. The van der Waals surface area contributed by atoms with Crippen LogP contribution in [0.5, 0.6) is 0 Å². The average Bonchev–Trinajstić information content (AvgIpc) is 2.63. The van der Waals surface area contributed by atoms with E-state index in [1.54, 1.807) is 0 Å². The topological polar surface area (TPSA) is 0 Å². The molecule has 0 spiro atoms. The van der Waals surface area contributed by atoms with Crippen LogP contribution in [0.4, 0.5) is 0 Å². The molecule has 0 fully saturated rings. The molecule has 0 aliphatic carbocycles. The van der Waals surface area contributed by atoms with E-state index in [0.717, 1.165) is 0 Å². The number of hydrogen-bond donors (Lipinski definition) is 0. The SMILES string of the molecule is CC(C)[Si](C#Cc1c2ccccc2c(Br)c2ccccc12)(C(C)C)C(C)C. The van der Waals surface area contributed by atoms with Crippen LogP contribution in [0.15, 0.2) is 53.0 Å². The molecule has 3 aromatic rings. The van der Waals surface area contributed by atoms with Crippen molar-refractivity contribution in [1.29, 1.82) is 0 Å². The fourth-order valence-electron chi connectivity index (χ4n) is 4.81. The van der Waals surface area contributed by atoms with Gasteiger partial charge in [0.15, 0.2) is 0 Å². The molecule has 3 aromatic carbocycles. The Morgan fingerprint density at radius 2 is 1.04 bits per heavy atom. The molecular formula is C25H29BrSi. The summed E-state index contributed by atoms with van der Waals surface area (Å²) in [5, 5.41) is 4.97. The predicted octanol–water partition coefficient (Wildman–Crippen LogP) is 8.33. The minimum atomic E-state index is -1.77. The van der Waals surface area contributed by atoms with E-state index in [4.69, 9.17) is 0 Å². The van der Waals surface area contributed by atoms with Gasteiger partial charge in [-0.3, -0.25) is 0 Å². The van der Waals surface area contributed by atoms with Gasteiger partial charge in [0.25, 0.3) is 0 Å². The Morgan fingerprint density at radius 3 is 1.41 bits per heavy atom. The van der Waals surface area contributed by atoms with Gasteiger partial charge in [-0.1, -0.05) is 96.0 Å². The van der Waals surface area contributed by atoms with Gasteiger partial charge >= 0.3 is 0 Å². The molecule has 0 nitrogen and oxygen atoms in total. The molecule has 2 heteroatoms. The van der Waals surface area contributed by atoms with Crippen LogP contribution in [0, 0.1) is 11.5 Å². The van der Waals surface area contributed by atoms with Gasteiger partial charge in [-0.15, -0.1) is 5.54 Å². The van der Waals surface area contributed by atoms with Crippen molar-refractivity contribution in [3.05, 3.63) is 58.6 Å². The fourth-order valence-corrected chi connectivity index (χ4v) is 10.7. The first-order valence-corrected chi connectivity index (χ1v) is 12.9. The maximum absolute atomic E-state index is 3.93. The van der Waals surface area contributed by atoms with Gasteiger partial charge in [0.2, 0.25) is 0 Å². The zero-order valence-corrected chi connectivity index (χ0v) is 19.8. The monoisotopic (exact) mass is 436 g/mol. The molecule has 0 atom stereocenters. The van der Waals surface area contributed by atoms with Crippen LogP contribution in [0.1, 0.15) is 47.1 Å². The third kappa shape index (κ3) is 3.37. The summed E-state index contributed by atoms with van der Waals surface area (Å²) in [6, 6.07) is 17.2. The summed E-state index contributed by atoms with van der Waals surface area (Å²) in [4.78, 5) is 0. The van der Waals surface area contributed by atoms with Gasteiger partial charge in [-0.25, -0.2) is 0 Å². The highest BCUT2D eigenvalue weighted by Crippen LogP contribution is 2.41. The van der Waals surface area contributed by atoms with Gasteiger partial charge in [0.05, 0.1) is 0 Å². The van der Waals surface area contributed by atoms with Gasteiger partial charge < -0.3 is 0 Å². The maximum atomic E-state index is 3.93. The predicted molar refractivity (Wildman–Crippen MR) is 127 cm³/mol. The first-order valence-electron chi connectivity index (χ1n) is 9.92. The van der Waals surface area contributed by atoms with E-state index in [2.05, 4.69) is 117 Å². The van der Waals surface area contributed by atoms with E-state index < -0.39 is 8.07 Å². The van der Waals surface area contributed by atoms with Crippen molar-refractivity contribution in [3.63, 3.8) is 0 Å². The quantitative estimate of drug-likeness (QED) is 0.219. The van der Waals surface area contributed by atoms with Crippen LogP contribution in [0.25, 0.3) is 21.5 Å². The number of benzene rings is 3. The van der Waals surface area contributed by atoms with Crippen LogP contribution in [0.2, 0.25) is 16.6 Å². The van der Waals surface area contributed by atoms with E-state index >= 15 is 0 Å². The van der Waals surface area contributed by atoms with Crippen molar-refractivity contribution in [3.8, 4) is 11.5 Å². The van der Waals surface area contributed by atoms with Crippen molar-refractivity contribution in [2.24, 2.45) is 0 Å². The first kappa shape index (κ1) is 20.2. The van der Waals surface area contributed by atoms with Crippen molar-refractivity contribution in [1.82, 2.24) is 0 Å². The van der Waals surface area contributed by atoms with E-state index in [1.807, 2.05) is 0 Å². The molecule has 0 unspecified atom stereocenters. The molecule has 3 rings (SSSR count). The Labute approximate surface area is 173 Å². The van der Waals surface area contributed by atoms with Crippen molar-refractivity contribution < 1.29 is 0 Å². The Balaban J connectivity index is 2.38. The number of fused-ring (bicyclic) bond motifs is 2. The lowest BCUT2D eigenvalue weighted by Gasteiger charge is -2.38. The van der Waals surface area contributed by atoms with E-state index in [0.29, 0.717) is 16.6 Å². The van der Waals surface area contributed by atoms with Gasteiger partial charge in [-0.05, 0) is 54.1 Å². The molecule has 0 bridgehead atoms. The third-order valence-corrected chi connectivity index (χ3v) is 13.3. The van der Waals surface area contributed by atoms with Crippen molar-refractivity contribution in [2.75, 3.05) is 0 Å². The second-order valence-electron chi connectivity index (χ2n) is 8.43. The molecule has 27 heavy (non-hydrogen) atoms. The lowest BCUT2D eigenvalue weighted by molar-refractivity contribution is 0.838. The smallest absolute Gasteiger partial charge is 0.125 e. The number of hydrogen-bond acceptors (Lipinski definition) is 0. The van der Waals surface area contributed by atoms with Crippen LogP contribution < -0.4 is 0 Å². The number of rotatable bonds is 3. The molecule has 0 saturated carbocycles. The van der Waals surface area contributed by atoms with Crippen LogP contribution in [-0.2, 0) is 0 Å². The maximum Gasteiger partial charge on any atom is 0.146 e. The van der Waals surface area contributed by atoms with Crippen molar-refractivity contribution >= 4 is 45.5 Å². The summed E-state index contributed by atoms with van der Waals surface area (Å²) >= 11 is 3.84. The fraction of sp³-hybridized carbons (Fsp3) is 0.360. The molecular weight excluding hydrogens is 408 g/mol. The third-order valence-electron chi connectivity index (χ3n) is 6.14. The second-order valence-corrected chi connectivity index (χ2v) is 14.8. The molecule has 0 aliphatic heterocycles. The van der Waals surface area contributed by atoms with Gasteiger partial charge in [0.1, 0.15) is 8.07 Å². The molecule has 0 saturated heterocycles. The Hall–Kier alpha value is -1.56. The zero-order chi connectivity index (χ0) is 19.8. The molecule has 0 aliphatic rings. The van der Waals surface area contributed by atoms with E-state index in [9.17, 15) is 0 Å². The number of halogens is 1. The lowest BCUT2D eigenvalue weighted by atomic mass is 9.97. The average molecular weight is 437 g/mol. The molecule has 0 radical (unpaired) electrons. The second kappa shape index (κ2) is 7.82. The first-order chi connectivity index (χ1) is 12.8. The highest BCUT2D eigenvalue weighted by atomic mass is 79.9.